The molecular formula is C16H20ClNO. The summed E-state index contributed by atoms with van der Waals surface area (Å²) in [6, 6.07) is 17.6. The third-order valence-corrected chi connectivity index (χ3v) is 3.16. The summed E-state index contributed by atoms with van der Waals surface area (Å²) in [5.41, 5.74) is 9.36. The van der Waals surface area contributed by atoms with Gasteiger partial charge in [0.05, 0.1) is 12.1 Å². The van der Waals surface area contributed by atoms with Crippen LogP contribution < -0.4 is 5.73 Å². The van der Waals surface area contributed by atoms with Gasteiger partial charge in [-0.2, -0.15) is 0 Å². The zero-order valence-corrected chi connectivity index (χ0v) is 11.8. The Morgan fingerprint density at radius 3 is 2.16 bits per heavy atom. The van der Waals surface area contributed by atoms with Gasteiger partial charge in [0, 0.05) is 6.42 Å². The van der Waals surface area contributed by atoms with Gasteiger partial charge in [0.1, 0.15) is 0 Å². The molecule has 0 aliphatic carbocycles. The molecule has 0 bridgehead atoms. The van der Waals surface area contributed by atoms with Crippen molar-refractivity contribution in [1.29, 1.82) is 0 Å². The first kappa shape index (κ1) is 15.7. The van der Waals surface area contributed by atoms with E-state index < -0.39 is 6.10 Å². The maximum atomic E-state index is 10.2. The van der Waals surface area contributed by atoms with Gasteiger partial charge >= 0.3 is 0 Å². The highest BCUT2D eigenvalue weighted by Crippen LogP contribution is 2.18. The maximum absolute atomic E-state index is 10.2. The van der Waals surface area contributed by atoms with E-state index in [1.807, 2.05) is 61.5 Å². The molecule has 3 N–H and O–H groups in total. The molecule has 2 aromatic carbocycles. The van der Waals surface area contributed by atoms with Crippen molar-refractivity contribution in [3.8, 4) is 0 Å². The van der Waals surface area contributed by atoms with Crippen molar-refractivity contribution in [3.05, 3.63) is 71.3 Å². The van der Waals surface area contributed by atoms with Gasteiger partial charge in [0.2, 0.25) is 0 Å². The van der Waals surface area contributed by atoms with Gasteiger partial charge in [0.15, 0.2) is 0 Å². The Kier molecular flexibility index (Phi) is 6.03. The second kappa shape index (κ2) is 7.29. The number of rotatable bonds is 4. The Morgan fingerprint density at radius 2 is 1.58 bits per heavy atom. The lowest BCUT2D eigenvalue weighted by Crippen LogP contribution is -2.28. The quantitative estimate of drug-likeness (QED) is 0.902. The van der Waals surface area contributed by atoms with Crippen molar-refractivity contribution < 1.29 is 5.11 Å². The van der Waals surface area contributed by atoms with Crippen molar-refractivity contribution in [3.63, 3.8) is 0 Å². The standard InChI is InChI=1S/C16H19NO.ClH/c1-12-7-9-14(10-8-12)16(17)15(18)11-13-5-3-2-4-6-13;/h2-10,15-16,18H,11,17H2,1H3;1H/t15-,16+;/m0./s1. The Morgan fingerprint density at radius 1 is 1.00 bits per heavy atom. The number of halogens is 1. The van der Waals surface area contributed by atoms with E-state index in [1.54, 1.807) is 0 Å². The fraction of sp³-hybridized carbons (Fsp3) is 0.250. The molecule has 0 heterocycles. The molecular weight excluding hydrogens is 258 g/mol. The zero-order valence-electron chi connectivity index (χ0n) is 11.0. The summed E-state index contributed by atoms with van der Waals surface area (Å²) < 4.78 is 0. The zero-order chi connectivity index (χ0) is 13.0. The number of aliphatic hydroxyl groups is 1. The van der Waals surface area contributed by atoms with Crippen molar-refractivity contribution in [1.82, 2.24) is 0 Å². The molecule has 0 saturated carbocycles. The van der Waals surface area contributed by atoms with E-state index in [1.165, 1.54) is 5.56 Å². The van der Waals surface area contributed by atoms with E-state index in [-0.39, 0.29) is 18.4 Å². The predicted molar refractivity (Wildman–Crippen MR) is 81.5 cm³/mol. The van der Waals surface area contributed by atoms with Crippen LogP contribution in [0.1, 0.15) is 22.7 Å². The Bertz CT molecular complexity index is 484. The molecule has 0 aliphatic heterocycles. The monoisotopic (exact) mass is 277 g/mol. The molecule has 0 radical (unpaired) electrons. The fourth-order valence-electron chi connectivity index (χ4n) is 1.99. The van der Waals surface area contributed by atoms with Crippen molar-refractivity contribution >= 4 is 12.4 Å². The predicted octanol–water partition coefficient (Wildman–Crippen LogP) is 3.02. The number of benzene rings is 2. The lowest BCUT2D eigenvalue weighted by Gasteiger charge is -2.19. The van der Waals surface area contributed by atoms with E-state index >= 15 is 0 Å². The first-order chi connectivity index (χ1) is 8.66. The molecule has 0 spiro atoms. The van der Waals surface area contributed by atoms with Gasteiger partial charge < -0.3 is 10.8 Å². The number of nitrogens with two attached hydrogens (primary N) is 1. The lowest BCUT2D eigenvalue weighted by molar-refractivity contribution is 0.145. The van der Waals surface area contributed by atoms with E-state index in [0.29, 0.717) is 6.42 Å². The van der Waals surface area contributed by atoms with Gasteiger partial charge in [-0.25, -0.2) is 0 Å². The normalized spacial score (nSPS) is 13.4. The van der Waals surface area contributed by atoms with Gasteiger partial charge in [-0.15, -0.1) is 12.4 Å². The maximum Gasteiger partial charge on any atom is 0.0773 e. The molecule has 2 aromatic rings. The molecule has 2 nitrogen and oxygen atoms in total. The Labute approximate surface area is 120 Å². The largest absolute Gasteiger partial charge is 0.391 e. The molecule has 0 aromatic heterocycles. The highest BCUT2D eigenvalue weighted by molar-refractivity contribution is 5.85. The number of aliphatic hydroxyl groups excluding tert-OH is 1. The van der Waals surface area contributed by atoms with E-state index in [2.05, 4.69) is 0 Å². The molecule has 19 heavy (non-hydrogen) atoms. The van der Waals surface area contributed by atoms with Crippen LogP contribution in [0.15, 0.2) is 54.6 Å². The van der Waals surface area contributed by atoms with Gasteiger partial charge in [-0.1, -0.05) is 60.2 Å². The van der Waals surface area contributed by atoms with Crippen LogP contribution in [0.4, 0.5) is 0 Å². The average Bonchev–Trinajstić information content (AvgIpc) is 2.40. The Hall–Kier alpha value is -1.35. The van der Waals surface area contributed by atoms with Gasteiger partial charge in [0.25, 0.3) is 0 Å². The molecule has 0 aliphatic rings. The Balaban J connectivity index is 0.00000180. The molecule has 3 heteroatoms. The summed E-state index contributed by atoms with van der Waals surface area (Å²) in [5.74, 6) is 0. The minimum atomic E-state index is -0.560. The SMILES string of the molecule is Cc1ccc([C@@H](N)[C@@H](O)Cc2ccccc2)cc1.Cl. The highest BCUT2D eigenvalue weighted by Gasteiger charge is 2.16. The van der Waals surface area contributed by atoms with Crippen LogP contribution in [0.5, 0.6) is 0 Å². The van der Waals surface area contributed by atoms with Crippen molar-refractivity contribution in [2.75, 3.05) is 0 Å². The van der Waals surface area contributed by atoms with Crippen molar-refractivity contribution in [2.24, 2.45) is 5.73 Å². The summed E-state index contributed by atoms with van der Waals surface area (Å²) in [5, 5.41) is 10.2. The van der Waals surface area contributed by atoms with E-state index in [0.717, 1.165) is 11.1 Å². The fourth-order valence-corrected chi connectivity index (χ4v) is 1.99. The van der Waals surface area contributed by atoms with E-state index in [9.17, 15) is 5.11 Å². The second-order valence-corrected chi connectivity index (χ2v) is 4.69. The summed E-state index contributed by atoms with van der Waals surface area (Å²) >= 11 is 0. The molecule has 2 atom stereocenters. The number of hydrogen-bond donors (Lipinski definition) is 2. The minimum Gasteiger partial charge on any atom is -0.391 e. The van der Waals surface area contributed by atoms with Crippen LogP contribution in [-0.4, -0.2) is 11.2 Å². The summed E-state index contributed by atoms with van der Waals surface area (Å²) in [7, 11) is 0. The topological polar surface area (TPSA) is 46.2 Å². The second-order valence-electron chi connectivity index (χ2n) is 4.69. The van der Waals surface area contributed by atoms with Crippen LogP contribution in [0.25, 0.3) is 0 Å². The summed E-state index contributed by atoms with van der Waals surface area (Å²) in [6.07, 6.45) is 0.0192. The van der Waals surface area contributed by atoms with Gasteiger partial charge in [-0.3, -0.25) is 0 Å². The average molecular weight is 278 g/mol. The van der Waals surface area contributed by atoms with E-state index in [4.69, 9.17) is 5.73 Å². The third kappa shape index (κ3) is 4.35. The molecule has 102 valence electrons. The van der Waals surface area contributed by atoms with Crippen LogP contribution in [0.3, 0.4) is 0 Å². The van der Waals surface area contributed by atoms with Crippen LogP contribution >= 0.6 is 12.4 Å². The molecule has 0 unspecified atom stereocenters. The summed E-state index contributed by atoms with van der Waals surface area (Å²) in [6.45, 7) is 2.04. The lowest BCUT2D eigenvalue weighted by atomic mass is 9.96. The number of hydrogen-bond acceptors (Lipinski definition) is 2. The first-order valence-electron chi connectivity index (χ1n) is 6.21. The smallest absolute Gasteiger partial charge is 0.0773 e. The highest BCUT2D eigenvalue weighted by atomic mass is 35.5. The third-order valence-electron chi connectivity index (χ3n) is 3.16. The first-order valence-corrected chi connectivity index (χ1v) is 6.21. The minimum absolute atomic E-state index is 0. The van der Waals surface area contributed by atoms with Crippen LogP contribution in [-0.2, 0) is 6.42 Å². The summed E-state index contributed by atoms with van der Waals surface area (Å²) in [4.78, 5) is 0. The van der Waals surface area contributed by atoms with Crippen LogP contribution in [0.2, 0.25) is 0 Å². The van der Waals surface area contributed by atoms with Gasteiger partial charge in [-0.05, 0) is 18.1 Å². The molecule has 0 saturated heterocycles. The molecule has 0 amide bonds. The molecule has 2 rings (SSSR count). The number of aryl methyl sites for hydroxylation is 1. The van der Waals surface area contributed by atoms with Crippen molar-refractivity contribution in [2.45, 2.75) is 25.5 Å². The molecule has 0 fully saturated rings. The van der Waals surface area contributed by atoms with Crippen LogP contribution in [0, 0.1) is 6.92 Å².